The summed E-state index contributed by atoms with van der Waals surface area (Å²) >= 11 is 0. The smallest absolute Gasteiger partial charge is 0.244 e. The molecule has 11 nitrogen and oxygen atoms in total. The van der Waals surface area contributed by atoms with E-state index in [0.717, 1.165) is 16.8 Å². The van der Waals surface area contributed by atoms with E-state index < -0.39 is 6.04 Å². The van der Waals surface area contributed by atoms with Gasteiger partial charge in [-0.2, -0.15) is 5.10 Å². The summed E-state index contributed by atoms with van der Waals surface area (Å²) < 4.78 is 18.6. The van der Waals surface area contributed by atoms with E-state index in [9.17, 15) is 14.4 Å². The Morgan fingerprint density at radius 3 is 2.44 bits per heavy atom. The highest BCUT2D eigenvalue weighted by Crippen LogP contribution is 2.50. The van der Waals surface area contributed by atoms with Crippen LogP contribution in [-0.2, 0) is 23.1 Å². The number of aryl methyl sites for hydroxylation is 3. The van der Waals surface area contributed by atoms with Gasteiger partial charge in [0.2, 0.25) is 23.0 Å². The van der Waals surface area contributed by atoms with Crippen LogP contribution in [0.3, 0.4) is 0 Å². The van der Waals surface area contributed by atoms with Crippen molar-refractivity contribution in [3.05, 3.63) is 57.4 Å². The minimum absolute atomic E-state index is 0.139. The highest BCUT2D eigenvalue weighted by molar-refractivity contribution is 5.93. The molecule has 1 heterocycles. The third kappa shape index (κ3) is 5.66. The number of carbonyl (C=O) groups is 2. The predicted molar refractivity (Wildman–Crippen MR) is 148 cm³/mol. The molecule has 0 spiro atoms. The van der Waals surface area contributed by atoms with Gasteiger partial charge in [0.1, 0.15) is 0 Å². The van der Waals surface area contributed by atoms with Gasteiger partial charge in [-0.3, -0.25) is 19.1 Å². The first-order valence-corrected chi connectivity index (χ1v) is 12.5. The van der Waals surface area contributed by atoms with E-state index in [-0.39, 0.29) is 29.5 Å². The van der Waals surface area contributed by atoms with E-state index in [0.29, 0.717) is 47.0 Å². The van der Waals surface area contributed by atoms with Gasteiger partial charge in [0, 0.05) is 31.3 Å². The van der Waals surface area contributed by atoms with Crippen LogP contribution in [-0.4, -0.2) is 49.5 Å². The molecule has 4 rings (SSSR count). The summed E-state index contributed by atoms with van der Waals surface area (Å²) in [6, 6.07) is 8.16. The Morgan fingerprint density at radius 1 is 1.08 bits per heavy atom. The molecule has 0 fully saturated rings. The maximum Gasteiger partial charge on any atom is 0.244 e. The van der Waals surface area contributed by atoms with Crippen molar-refractivity contribution >= 4 is 23.3 Å². The summed E-state index contributed by atoms with van der Waals surface area (Å²) in [6.07, 6.45) is 1.15. The zero-order valence-corrected chi connectivity index (χ0v) is 22.9. The number of anilines is 2. The maximum absolute atomic E-state index is 13.3. The zero-order valence-electron chi connectivity index (χ0n) is 22.9. The molecule has 1 atom stereocenters. The number of methoxy groups -OCH3 is 3. The van der Waals surface area contributed by atoms with E-state index in [1.165, 1.54) is 20.1 Å². The summed E-state index contributed by atoms with van der Waals surface area (Å²) in [4.78, 5) is 38.0. The van der Waals surface area contributed by atoms with Gasteiger partial charge < -0.3 is 30.2 Å². The van der Waals surface area contributed by atoms with Crippen LogP contribution < -0.4 is 35.6 Å². The number of benzene rings is 1. The second-order valence-electron chi connectivity index (χ2n) is 9.29. The molecule has 0 unspecified atom stereocenters. The van der Waals surface area contributed by atoms with Gasteiger partial charge in [-0.15, -0.1) is 0 Å². The van der Waals surface area contributed by atoms with Crippen LogP contribution in [0, 0.1) is 6.92 Å². The molecule has 1 aromatic heterocycles. The Hall–Kier alpha value is -4.54. The van der Waals surface area contributed by atoms with E-state index in [1.807, 2.05) is 13.0 Å². The first-order valence-electron chi connectivity index (χ1n) is 12.5. The molecule has 0 radical (unpaired) electrons. The van der Waals surface area contributed by atoms with Crippen LogP contribution in [0.25, 0.3) is 11.1 Å². The number of hydrogen-bond donors (Lipinski definition) is 3. The first kappa shape index (κ1) is 27.5. The van der Waals surface area contributed by atoms with Crippen molar-refractivity contribution in [2.45, 2.75) is 32.7 Å². The molecular formula is C28H33N5O6. The van der Waals surface area contributed by atoms with E-state index in [2.05, 4.69) is 21.0 Å². The molecule has 0 saturated carbocycles. The molecule has 3 N–H and O–H groups in total. The van der Waals surface area contributed by atoms with Crippen LogP contribution in [0.15, 0.2) is 35.1 Å². The van der Waals surface area contributed by atoms with Gasteiger partial charge in [-0.05, 0) is 54.7 Å². The number of hydrogen-bond acceptors (Lipinski definition) is 8. The Labute approximate surface area is 226 Å². The van der Waals surface area contributed by atoms with Crippen molar-refractivity contribution in [3.63, 3.8) is 0 Å². The lowest BCUT2D eigenvalue weighted by Crippen LogP contribution is -2.27. The summed E-state index contributed by atoms with van der Waals surface area (Å²) in [5, 5.41) is 12.9. The third-order valence-electron chi connectivity index (χ3n) is 6.74. The number of nitrogens with one attached hydrogen (secondary N) is 3. The fourth-order valence-electron chi connectivity index (χ4n) is 4.84. The van der Waals surface area contributed by atoms with E-state index in [1.54, 1.807) is 44.1 Å². The number of amides is 2. The zero-order chi connectivity index (χ0) is 28.3. The molecular weight excluding hydrogens is 502 g/mol. The largest absolute Gasteiger partial charge is 0.493 e. The topological polar surface area (TPSA) is 133 Å². The summed E-state index contributed by atoms with van der Waals surface area (Å²) in [7, 11) is 6.42. The molecule has 1 aliphatic carbocycles. The molecule has 1 aliphatic rings. The lowest BCUT2D eigenvalue weighted by atomic mass is 9.95. The first-order chi connectivity index (χ1) is 18.7. The molecule has 2 aromatic carbocycles. The monoisotopic (exact) mass is 535 g/mol. The van der Waals surface area contributed by atoms with E-state index >= 15 is 0 Å². The van der Waals surface area contributed by atoms with Crippen LogP contribution >= 0.6 is 0 Å². The standard InChI is InChI=1S/C28H33N5O6/c1-15-11-24(32-33(15)3)31-25(36)14-29-21-10-8-18-19(13-22(21)35)20(30-16(2)34)9-7-17-12-23(37-4)27(38-5)28(39-6)26(17)18/h8,10-13,20H,7,9,14H2,1-6H3,(H,29,35)(H,30,34)(H,31,32,36)/t20-/m0/s1. The molecule has 0 aliphatic heterocycles. The lowest BCUT2D eigenvalue weighted by Gasteiger charge is -2.19. The van der Waals surface area contributed by atoms with Crippen molar-refractivity contribution in [2.24, 2.45) is 7.05 Å². The molecule has 0 bridgehead atoms. The molecule has 11 heteroatoms. The van der Waals surface area contributed by atoms with E-state index in [4.69, 9.17) is 14.2 Å². The summed E-state index contributed by atoms with van der Waals surface area (Å²) in [5.41, 5.74) is 3.84. The fraction of sp³-hybridized carbons (Fsp3) is 0.357. The quantitative estimate of drug-likeness (QED) is 0.401. The van der Waals surface area contributed by atoms with Crippen molar-refractivity contribution in [1.29, 1.82) is 0 Å². The lowest BCUT2D eigenvalue weighted by molar-refractivity contribution is -0.119. The van der Waals surface area contributed by atoms with Crippen molar-refractivity contribution in [2.75, 3.05) is 38.5 Å². The second-order valence-corrected chi connectivity index (χ2v) is 9.29. The van der Waals surface area contributed by atoms with Crippen molar-refractivity contribution in [3.8, 4) is 28.4 Å². The summed E-state index contributed by atoms with van der Waals surface area (Å²) in [5.74, 6) is 1.29. The average molecular weight is 536 g/mol. The second kappa shape index (κ2) is 11.5. The Balaban J connectivity index is 1.77. The van der Waals surface area contributed by atoms with Crippen LogP contribution in [0.4, 0.5) is 11.5 Å². The van der Waals surface area contributed by atoms with Gasteiger partial charge in [0.15, 0.2) is 17.3 Å². The van der Waals surface area contributed by atoms with Crippen molar-refractivity contribution in [1.82, 2.24) is 15.1 Å². The Bertz CT molecular complexity index is 1460. The van der Waals surface area contributed by atoms with Crippen LogP contribution in [0.1, 0.15) is 36.2 Å². The Kier molecular flexibility index (Phi) is 8.08. The van der Waals surface area contributed by atoms with Gasteiger partial charge in [0.05, 0.1) is 39.6 Å². The number of rotatable bonds is 8. The minimum atomic E-state index is -0.421. The van der Waals surface area contributed by atoms with Gasteiger partial charge in [0.25, 0.3) is 0 Å². The highest BCUT2D eigenvalue weighted by Gasteiger charge is 2.29. The molecule has 3 aromatic rings. The van der Waals surface area contributed by atoms with Gasteiger partial charge in [-0.25, -0.2) is 0 Å². The predicted octanol–water partition coefficient (Wildman–Crippen LogP) is 2.96. The van der Waals surface area contributed by atoms with Crippen molar-refractivity contribution < 1.29 is 23.8 Å². The number of fused-ring (bicyclic) bond motifs is 3. The molecule has 39 heavy (non-hydrogen) atoms. The highest BCUT2D eigenvalue weighted by atomic mass is 16.5. The Morgan fingerprint density at radius 2 is 1.82 bits per heavy atom. The summed E-state index contributed by atoms with van der Waals surface area (Å²) in [6.45, 7) is 3.19. The molecule has 2 amide bonds. The minimum Gasteiger partial charge on any atom is -0.493 e. The van der Waals surface area contributed by atoms with Gasteiger partial charge in [-0.1, -0.05) is 6.07 Å². The fourth-order valence-corrected chi connectivity index (χ4v) is 4.84. The maximum atomic E-state index is 13.3. The number of nitrogens with zero attached hydrogens (tertiary/aromatic N) is 2. The number of carbonyl (C=O) groups excluding carboxylic acids is 2. The SMILES string of the molecule is COc1cc2c(c(OC)c1OC)-c1ccc(NCC(=O)Nc3cc(C)n(C)n3)c(=O)cc1[C@@H](NC(C)=O)CC2. The normalized spacial score (nSPS) is 13.8. The van der Waals surface area contributed by atoms with Crippen LogP contribution in [0.5, 0.6) is 17.2 Å². The molecule has 0 saturated heterocycles. The number of aromatic nitrogens is 2. The average Bonchev–Trinajstić information content (AvgIpc) is 3.04. The number of ether oxygens (including phenoxy) is 3. The molecule has 206 valence electrons. The third-order valence-corrected chi connectivity index (χ3v) is 6.74. The van der Waals surface area contributed by atoms with Crippen LogP contribution in [0.2, 0.25) is 0 Å². The van der Waals surface area contributed by atoms with Gasteiger partial charge >= 0.3 is 0 Å².